The van der Waals surface area contributed by atoms with E-state index in [1.54, 1.807) is 0 Å². The van der Waals surface area contributed by atoms with Crippen LogP contribution in [0.25, 0.3) is 0 Å². The molecule has 0 radical (unpaired) electrons. The summed E-state index contributed by atoms with van der Waals surface area (Å²) in [6.45, 7) is 0. The molecule has 0 bridgehead atoms. The Bertz CT molecular complexity index is 882. The molecule has 1 heterocycles. The van der Waals surface area contributed by atoms with E-state index in [0.29, 0.717) is 0 Å². The van der Waals surface area contributed by atoms with Crippen molar-refractivity contribution in [3.05, 3.63) is 47.6 Å². The first kappa shape index (κ1) is 15.7. The van der Waals surface area contributed by atoms with Gasteiger partial charge in [-0.15, -0.1) is 0 Å². The zero-order chi connectivity index (χ0) is 15.7. The largest absolute Gasteiger partial charge is 0.263 e. The number of hydrogen-bond donors (Lipinski definition) is 2. The van der Waals surface area contributed by atoms with E-state index in [1.807, 2.05) is 0 Å². The van der Waals surface area contributed by atoms with Crippen LogP contribution in [0.2, 0.25) is 5.15 Å². The maximum Gasteiger partial charge on any atom is 0.263 e. The highest BCUT2D eigenvalue weighted by Crippen LogP contribution is 2.18. The van der Waals surface area contributed by atoms with Crippen LogP contribution in [0.1, 0.15) is 0 Å². The van der Waals surface area contributed by atoms with Gasteiger partial charge in [-0.2, -0.15) is 0 Å². The van der Waals surface area contributed by atoms with E-state index in [1.165, 1.54) is 36.4 Å². The van der Waals surface area contributed by atoms with Crippen molar-refractivity contribution in [2.45, 2.75) is 9.79 Å². The van der Waals surface area contributed by atoms with E-state index in [-0.39, 0.29) is 20.8 Å². The maximum atomic E-state index is 12.2. The molecule has 21 heavy (non-hydrogen) atoms. The minimum Gasteiger partial charge on any atom is -0.263 e. The number of rotatable bonds is 4. The van der Waals surface area contributed by atoms with Gasteiger partial charge in [0.15, 0.2) is 0 Å². The van der Waals surface area contributed by atoms with Crippen LogP contribution in [0.4, 0.5) is 5.82 Å². The summed E-state index contributed by atoms with van der Waals surface area (Å²) in [4.78, 5) is 3.23. The van der Waals surface area contributed by atoms with Gasteiger partial charge in [-0.1, -0.05) is 23.7 Å². The minimum absolute atomic E-state index is 0.0171. The normalized spacial score (nSPS) is 12.1. The lowest BCUT2D eigenvalue weighted by Crippen LogP contribution is -2.16. The standard InChI is InChI=1S/C11H10ClN3O4S2/c12-10-5-2-6-11(14-10)15-21(18,19)9-4-1-3-8(7-9)20(13,16)17/h1-7H,(H,14,15)(H2,13,16,17). The summed E-state index contributed by atoms with van der Waals surface area (Å²) in [5, 5.41) is 5.09. The van der Waals surface area contributed by atoms with Crippen LogP contribution in [-0.2, 0) is 20.0 Å². The number of sulfonamides is 2. The van der Waals surface area contributed by atoms with Crippen LogP contribution in [0.5, 0.6) is 0 Å². The highest BCUT2D eigenvalue weighted by molar-refractivity contribution is 7.92. The molecule has 0 aliphatic carbocycles. The SMILES string of the molecule is NS(=O)(=O)c1cccc(S(=O)(=O)Nc2cccc(Cl)n2)c1. The molecule has 112 valence electrons. The van der Waals surface area contributed by atoms with Crippen molar-refractivity contribution >= 4 is 37.5 Å². The molecule has 0 unspecified atom stereocenters. The molecule has 1 aromatic heterocycles. The molecule has 0 fully saturated rings. The van der Waals surface area contributed by atoms with Gasteiger partial charge in [0.25, 0.3) is 10.0 Å². The fourth-order valence-corrected chi connectivity index (χ4v) is 3.32. The number of nitrogens with one attached hydrogen (secondary N) is 1. The molecule has 10 heteroatoms. The summed E-state index contributed by atoms with van der Waals surface area (Å²) in [5.41, 5.74) is 0. The Labute approximate surface area is 126 Å². The molecule has 0 amide bonds. The van der Waals surface area contributed by atoms with Crippen LogP contribution in [-0.4, -0.2) is 21.8 Å². The lowest BCUT2D eigenvalue weighted by molar-refractivity contribution is 0.597. The maximum absolute atomic E-state index is 12.2. The molecular formula is C11H10ClN3O4S2. The van der Waals surface area contributed by atoms with Gasteiger partial charge in [-0.3, -0.25) is 4.72 Å². The van der Waals surface area contributed by atoms with Crippen LogP contribution in [0, 0.1) is 0 Å². The number of hydrogen-bond acceptors (Lipinski definition) is 5. The second-order valence-electron chi connectivity index (χ2n) is 3.97. The van der Waals surface area contributed by atoms with Crippen LogP contribution in [0.15, 0.2) is 52.3 Å². The summed E-state index contributed by atoms with van der Waals surface area (Å²) in [6, 6.07) is 9.09. The molecule has 0 atom stereocenters. The van der Waals surface area contributed by atoms with Gasteiger partial charge in [-0.05, 0) is 30.3 Å². The van der Waals surface area contributed by atoms with Crippen LogP contribution in [0.3, 0.4) is 0 Å². The van der Waals surface area contributed by atoms with Crippen LogP contribution < -0.4 is 9.86 Å². The Morgan fingerprint density at radius 2 is 1.62 bits per heavy atom. The van der Waals surface area contributed by atoms with E-state index in [4.69, 9.17) is 16.7 Å². The Morgan fingerprint density at radius 1 is 1.00 bits per heavy atom. The Balaban J connectivity index is 2.41. The van der Waals surface area contributed by atoms with E-state index in [2.05, 4.69) is 9.71 Å². The van der Waals surface area contributed by atoms with Crippen molar-refractivity contribution in [3.63, 3.8) is 0 Å². The molecular weight excluding hydrogens is 338 g/mol. The smallest absolute Gasteiger partial charge is 0.263 e. The molecule has 0 saturated heterocycles. The zero-order valence-electron chi connectivity index (χ0n) is 10.4. The van der Waals surface area contributed by atoms with Crippen molar-refractivity contribution in [2.75, 3.05) is 4.72 Å². The topological polar surface area (TPSA) is 119 Å². The van der Waals surface area contributed by atoms with Crippen molar-refractivity contribution in [3.8, 4) is 0 Å². The molecule has 0 aliphatic heterocycles. The number of halogens is 1. The highest BCUT2D eigenvalue weighted by Gasteiger charge is 2.18. The summed E-state index contributed by atoms with van der Waals surface area (Å²) < 4.78 is 49.0. The molecule has 0 aliphatic rings. The van der Waals surface area contributed by atoms with Gasteiger partial charge >= 0.3 is 0 Å². The summed E-state index contributed by atoms with van der Waals surface area (Å²) in [6.07, 6.45) is 0. The van der Waals surface area contributed by atoms with Crippen LogP contribution >= 0.6 is 11.6 Å². The molecule has 2 rings (SSSR count). The Hall–Kier alpha value is -1.68. The second-order valence-corrected chi connectivity index (χ2v) is 7.60. The summed E-state index contributed by atoms with van der Waals surface area (Å²) in [7, 11) is -8.00. The van der Waals surface area contributed by atoms with Gasteiger partial charge in [0.2, 0.25) is 10.0 Å². The molecule has 1 aromatic carbocycles. The molecule has 0 spiro atoms. The van der Waals surface area contributed by atoms with Gasteiger partial charge in [0.05, 0.1) is 9.79 Å². The summed E-state index contributed by atoms with van der Waals surface area (Å²) >= 11 is 5.66. The Morgan fingerprint density at radius 3 is 2.24 bits per heavy atom. The third-order valence-electron chi connectivity index (χ3n) is 2.40. The van der Waals surface area contributed by atoms with Crippen molar-refractivity contribution < 1.29 is 16.8 Å². The first-order valence-corrected chi connectivity index (χ1v) is 8.87. The average molecular weight is 348 g/mol. The lowest BCUT2D eigenvalue weighted by atomic mass is 10.4. The summed E-state index contributed by atoms with van der Waals surface area (Å²) in [5.74, 6) is 0.0171. The molecule has 3 N–H and O–H groups in total. The number of anilines is 1. The lowest BCUT2D eigenvalue weighted by Gasteiger charge is -2.08. The second kappa shape index (κ2) is 5.60. The number of pyridine rings is 1. The van der Waals surface area contributed by atoms with Gasteiger partial charge in [-0.25, -0.2) is 27.0 Å². The highest BCUT2D eigenvalue weighted by atomic mass is 35.5. The molecule has 2 aromatic rings. The fraction of sp³-hybridized carbons (Fsp3) is 0. The predicted molar refractivity (Wildman–Crippen MR) is 77.9 cm³/mol. The predicted octanol–water partition coefficient (Wildman–Crippen LogP) is 1.18. The number of aromatic nitrogens is 1. The third-order valence-corrected chi connectivity index (χ3v) is 4.87. The number of nitrogens with zero attached hydrogens (tertiary/aromatic N) is 1. The number of primary sulfonamides is 1. The zero-order valence-corrected chi connectivity index (χ0v) is 12.8. The first-order valence-electron chi connectivity index (χ1n) is 5.47. The number of benzene rings is 1. The number of nitrogens with two attached hydrogens (primary N) is 1. The Kier molecular flexibility index (Phi) is 4.19. The third kappa shape index (κ3) is 3.91. The van der Waals surface area contributed by atoms with E-state index >= 15 is 0 Å². The van der Waals surface area contributed by atoms with Crippen molar-refractivity contribution in [1.82, 2.24) is 4.98 Å². The molecule has 7 nitrogen and oxygen atoms in total. The van der Waals surface area contributed by atoms with E-state index < -0.39 is 20.0 Å². The average Bonchev–Trinajstić information content (AvgIpc) is 2.37. The monoisotopic (exact) mass is 347 g/mol. The first-order chi connectivity index (χ1) is 9.68. The minimum atomic E-state index is -4.00. The van der Waals surface area contributed by atoms with Crippen molar-refractivity contribution in [2.24, 2.45) is 5.14 Å². The molecule has 0 saturated carbocycles. The van der Waals surface area contributed by atoms with Crippen molar-refractivity contribution in [1.29, 1.82) is 0 Å². The van der Waals surface area contributed by atoms with Gasteiger partial charge in [0, 0.05) is 0 Å². The van der Waals surface area contributed by atoms with E-state index in [0.717, 1.165) is 6.07 Å². The van der Waals surface area contributed by atoms with E-state index in [9.17, 15) is 16.8 Å². The van der Waals surface area contributed by atoms with Gasteiger partial charge in [0.1, 0.15) is 11.0 Å². The fourth-order valence-electron chi connectivity index (χ4n) is 1.48. The van der Waals surface area contributed by atoms with Gasteiger partial charge < -0.3 is 0 Å². The quantitative estimate of drug-likeness (QED) is 0.805.